The summed E-state index contributed by atoms with van der Waals surface area (Å²) in [5.74, 6) is 0.499. The second kappa shape index (κ2) is 5.58. The Hall–Kier alpha value is -2.33. The number of hydrogen-bond donors (Lipinski definition) is 1. The standard InChI is InChI=1S/C16H13ClN2O2/c1-10(14-8-11-4-2-3-5-13(11)21-14)19-16(20)12-6-7-15(17)18-9-12/h2-10H,1H3,(H,19,20)/t10-/m0/s1. The summed E-state index contributed by atoms with van der Waals surface area (Å²) in [6.07, 6.45) is 1.45. The summed E-state index contributed by atoms with van der Waals surface area (Å²) in [5.41, 5.74) is 1.27. The minimum absolute atomic E-state index is 0.216. The number of carbonyl (C=O) groups is 1. The lowest BCUT2D eigenvalue weighted by Crippen LogP contribution is -2.26. The molecule has 1 atom stereocenters. The fourth-order valence-electron chi connectivity index (χ4n) is 2.08. The molecule has 0 saturated heterocycles. The number of amides is 1. The maximum absolute atomic E-state index is 12.1. The van der Waals surface area contributed by atoms with Gasteiger partial charge in [0, 0.05) is 11.6 Å². The molecule has 0 radical (unpaired) electrons. The predicted molar refractivity (Wildman–Crippen MR) is 81.3 cm³/mol. The Kier molecular flexibility index (Phi) is 3.62. The summed E-state index contributed by atoms with van der Waals surface area (Å²) in [7, 11) is 0. The Labute approximate surface area is 126 Å². The van der Waals surface area contributed by atoms with Crippen LogP contribution in [0, 0.1) is 0 Å². The first kappa shape index (κ1) is 13.6. The summed E-state index contributed by atoms with van der Waals surface area (Å²) >= 11 is 5.71. The van der Waals surface area contributed by atoms with Crippen molar-refractivity contribution in [3.63, 3.8) is 0 Å². The highest BCUT2D eigenvalue weighted by atomic mass is 35.5. The van der Waals surface area contributed by atoms with Gasteiger partial charge in [0.25, 0.3) is 5.91 Å². The van der Waals surface area contributed by atoms with Crippen LogP contribution in [0.4, 0.5) is 0 Å². The Morgan fingerprint density at radius 1 is 1.29 bits per heavy atom. The van der Waals surface area contributed by atoms with E-state index in [1.54, 1.807) is 12.1 Å². The van der Waals surface area contributed by atoms with E-state index in [2.05, 4.69) is 10.3 Å². The number of furan rings is 1. The Bertz CT molecular complexity index is 747. The largest absolute Gasteiger partial charge is 0.459 e. The second-order valence-corrected chi connectivity index (χ2v) is 5.14. The highest BCUT2D eigenvalue weighted by molar-refractivity contribution is 6.29. The van der Waals surface area contributed by atoms with Crippen LogP contribution >= 0.6 is 11.6 Å². The summed E-state index contributed by atoms with van der Waals surface area (Å²) in [5, 5.41) is 4.25. The molecule has 106 valence electrons. The van der Waals surface area contributed by atoms with Gasteiger partial charge in [-0.25, -0.2) is 4.98 Å². The molecule has 2 aromatic heterocycles. The van der Waals surface area contributed by atoms with Crippen LogP contribution in [0.3, 0.4) is 0 Å². The smallest absolute Gasteiger partial charge is 0.253 e. The number of aromatic nitrogens is 1. The van der Waals surface area contributed by atoms with Crippen molar-refractivity contribution in [2.45, 2.75) is 13.0 Å². The minimum atomic E-state index is -0.236. The number of halogens is 1. The number of carbonyl (C=O) groups excluding carboxylic acids is 1. The topological polar surface area (TPSA) is 55.1 Å². The molecule has 1 aromatic carbocycles. The van der Waals surface area contributed by atoms with Crippen molar-refractivity contribution < 1.29 is 9.21 Å². The molecule has 3 aromatic rings. The van der Waals surface area contributed by atoms with Crippen molar-refractivity contribution in [2.75, 3.05) is 0 Å². The molecular formula is C16H13ClN2O2. The molecule has 0 spiro atoms. The van der Waals surface area contributed by atoms with Crippen LogP contribution in [-0.2, 0) is 0 Å². The third-order valence-corrected chi connectivity index (χ3v) is 3.43. The zero-order valence-electron chi connectivity index (χ0n) is 11.3. The first-order valence-corrected chi connectivity index (χ1v) is 6.92. The van der Waals surface area contributed by atoms with Gasteiger partial charge >= 0.3 is 0 Å². The molecular weight excluding hydrogens is 288 g/mol. The molecule has 5 heteroatoms. The van der Waals surface area contributed by atoms with Crippen LogP contribution in [0.25, 0.3) is 11.0 Å². The monoisotopic (exact) mass is 300 g/mol. The molecule has 0 saturated carbocycles. The van der Waals surface area contributed by atoms with Crippen LogP contribution in [0.15, 0.2) is 53.1 Å². The summed E-state index contributed by atoms with van der Waals surface area (Å²) < 4.78 is 5.73. The number of nitrogens with zero attached hydrogens (tertiary/aromatic N) is 1. The SMILES string of the molecule is C[C@H](NC(=O)c1ccc(Cl)nc1)c1cc2ccccc2o1. The molecule has 0 aliphatic carbocycles. The van der Waals surface area contributed by atoms with Crippen molar-refractivity contribution in [1.29, 1.82) is 0 Å². The quantitative estimate of drug-likeness (QED) is 0.745. The zero-order valence-corrected chi connectivity index (χ0v) is 12.1. The van der Waals surface area contributed by atoms with Gasteiger partial charge in [-0.3, -0.25) is 4.79 Å². The van der Waals surface area contributed by atoms with E-state index >= 15 is 0 Å². The maximum Gasteiger partial charge on any atom is 0.253 e. The van der Waals surface area contributed by atoms with E-state index in [-0.39, 0.29) is 11.9 Å². The number of benzene rings is 1. The lowest BCUT2D eigenvalue weighted by molar-refractivity contribution is 0.0935. The zero-order chi connectivity index (χ0) is 14.8. The number of para-hydroxylation sites is 1. The lowest BCUT2D eigenvalue weighted by Gasteiger charge is -2.11. The van der Waals surface area contributed by atoms with Gasteiger partial charge in [0.1, 0.15) is 16.5 Å². The van der Waals surface area contributed by atoms with Crippen LogP contribution in [-0.4, -0.2) is 10.9 Å². The predicted octanol–water partition coefficient (Wildman–Crippen LogP) is 3.97. The highest BCUT2D eigenvalue weighted by Crippen LogP contribution is 2.23. The van der Waals surface area contributed by atoms with E-state index in [1.165, 1.54) is 6.20 Å². The molecule has 2 heterocycles. The molecule has 0 unspecified atom stereocenters. The van der Waals surface area contributed by atoms with Gasteiger partial charge in [0.05, 0.1) is 11.6 Å². The Morgan fingerprint density at radius 2 is 2.10 bits per heavy atom. The number of fused-ring (bicyclic) bond motifs is 1. The van der Waals surface area contributed by atoms with Crippen LogP contribution in [0.2, 0.25) is 5.15 Å². The molecule has 1 amide bonds. The summed E-state index contributed by atoms with van der Waals surface area (Å²) in [6, 6.07) is 12.7. The van der Waals surface area contributed by atoms with E-state index in [0.717, 1.165) is 11.0 Å². The molecule has 0 aliphatic rings. The Balaban J connectivity index is 1.77. The van der Waals surface area contributed by atoms with E-state index < -0.39 is 0 Å². The van der Waals surface area contributed by atoms with Crippen LogP contribution in [0.5, 0.6) is 0 Å². The first-order valence-electron chi connectivity index (χ1n) is 6.54. The van der Waals surface area contributed by atoms with Crippen molar-refractivity contribution >= 4 is 28.5 Å². The van der Waals surface area contributed by atoms with E-state index in [1.807, 2.05) is 37.3 Å². The molecule has 4 nitrogen and oxygen atoms in total. The number of nitrogens with one attached hydrogen (secondary N) is 1. The number of hydrogen-bond acceptors (Lipinski definition) is 3. The lowest BCUT2D eigenvalue weighted by atomic mass is 10.2. The van der Waals surface area contributed by atoms with Gasteiger partial charge in [-0.05, 0) is 31.2 Å². The fraction of sp³-hybridized carbons (Fsp3) is 0.125. The van der Waals surface area contributed by atoms with Crippen molar-refractivity contribution in [3.8, 4) is 0 Å². The third-order valence-electron chi connectivity index (χ3n) is 3.21. The molecule has 0 aliphatic heterocycles. The Morgan fingerprint density at radius 3 is 2.81 bits per heavy atom. The fourth-order valence-corrected chi connectivity index (χ4v) is 2.19. The molecule has 21 heavy (non-hydrogen) atoms. The molecule has 3 rings (SSSR count). The number of pyridine rings is 1. The van der Waals surface area contributed by atoms with Gasteiger partial charge in [0.15, 0.2) is 0 Å². The third kappa shape index (κ3) is 2.90. The van der Waals surface area contributed by atoms with Gasteiger partial charge in [-0.15, -0.1) is 0 Å². The van der Waals surface area contributed by atoms with E-state index in [0.29, 0.717) is 16.5 Å². The first-order chi connectivity index (χ1) is 10.1. The van der Waals surface area contributed by atoms with Crippen LogP contribution < -0.4 is 5.32 Å². The van der Waals surface area contributed by atoms with E-state index in [4.69, 9.17) is 16.0 Å². The second-order valence-electron chi connectivity index (χ2n) is 4.75. The van der Waals surface area contributed by atoms with Crippen molar-refractivity contribution in [3.05, 3.63) is 65.1 Å². The minimum Gasteiger partial charge on any atom is -0.459 e. The molecule has 0 bridgehead atoms. The van der Waals surface area contributed by atoms with Crippen molar-refractivity contribution in [1.82, 2.24) is 10.3 Å². The molecule has 0 fully saturated rings. The van der Waals surface area contributed by atoms with Crippen LogP contribution in [0.1, 0.15) is 29.1 Å². The van der Waals surface area contributed by atoms with Gasteiger partial charge < -0.3 is 9.73 Å². The van der Waals surface area contributed by atoms with Gasteiger partial charge in [0.2, 0.25) is 0 Å². The van der Waals surface area contributed by atoms with Gasteiger partial charge in [-0.1, -0.05) is 29.8 Å². The summed E-state index contributed by atoms with van der Waals surface area (Å²) in [6.45, 7) is 1.87. The van der Waals surface area contributed by atoms with E-state index in [9.17, 15) is 4.79 Å². The van der Waals surface area contributed by atoms with Gasteiger partial charge in [-0.2, -0.15) is 0 Å². The average Bonchev–Trinajstić information content (AvgIpc) is 2.92. The maximum atomic E-state index is 12.1. The average molecular weight is 301 g/mol. The highest BCUT2D eigenvalue weighted by Gasteiger charge is 2.15. The van der Waals surface area contributed by atoms with Crippen molar-refractivity contribution in [2.24, 2.45) is 0 Å². The molecule has 1 N–H and O–H groups in total. The normalized spacial score (nSPS) is 12.3. The summed E-state index contributed by atoms with van der Waals surface area (Å²) in [4.78, 5) is 16.0. The number of rotatable bonds is 3.